The van der Waals surface area contributed by atoms with Crippen molar-refractivity contribution in [3.05, 3.63) is 22.6 Å². The highest BCUT2D eigenvalue weighted by atomic mass is 31.2. The number of nitrogens with zero attached hydrogens (tertiary/aromatic N) is 4. The van der Waals surface area contributed by atoms with E-state index in [1.807, 2.05) is 27.2 Å². The fourth-order valence-corrected chi connectivity index (χ4v) is 3.90. The molecule has 0 aliphatic rings. The number of hydrogen-bond donors (Lipinski definition) is 1. The lowest BCUT2D eigenvalue weighted by Crippen LogP contribution is -2.37. The molecule has 194 valence electrons. The maximum absolute atomic E-state index is 11.9. The Labute approximate surface area is 201 Å². The summed E-state index contributed by atoms with van der Waals surface area (Å²) in [5, 5.41) is 13.7. The van der Waals surface area contributed by atoms with Crippen LogP contribution in [0.15, 0.2) is 17.3 Å². The quantitative estimate of drug-likeness (QED) is 0.0408. The summed E-state index contributed by atoms with van der Waals surface area (Å²) in [5.74, 6) is 0. The first-order valence-electron chi connectivity index (χ1n) is 12.4. The molecule has 0 aromatic rings. The molecule has 0 heterocycles. The van der Waals surface area contributed by atoms with Crippen molar-refractivity contribution in [2.75, 3.05) is 40.9 Å². The molecule has 0 spiro atoms. The van der Waals surface area contributed by atoms with Crippen molar-refractivity contribution in [1.82, 2.24) is 0 Å². The number of azide groups is 1. The molecule has 0 fully saturated rings. The molecule has 0 rings (SSSR count). The van der Waals surface area contributed by atoms with Crippen LogP contribution in [-0.4, -0.2) is 62.6 Å². The van der Waals surface area contributed by atoms with Crippen molar-refractivity contribution in [2.24, 2.45) is 5.11 Å². The number of unbranched alkanes of at least 4 members (excludes halogenated alkanes) is 11. The summed E-state index contributed by atoms with van der Waals surface area (Å²) in [5.41, 5.74) is 8.72. The van der Waals surface area contributed by atoms with E-state index in [9.17, 15) is 14.6 Å². The standard InChI is InChI=1S/C23H47N4O5P/c1-5-6-7-8-9-10-11-12-13-14-15-16-17-18-23(28)22(25-26-24)21-32-33(29,30)31-20-19-27(2,3)4/h17-18,22-23,28H,5-16,19-21H2,1-4H3/t22-,23+/m0/s1. The summed E-state index contributed by atoms with van der Waals surface area (Å²) in [7, 11) is 1.21. The average molecular weight is 491 g/mol. The lowest BCUT2D eigenvalue weighted by molar-refractivity contribution is -0.870. The van der Waals surface area contributed by atoms with Gasteiger partial charge in [-0.1, -0.05) is 88.4 Å². The van der Waals surface area contributed by atoms with E-state index >= 15 is 0 Å². The Hall–Kier alpha value is -0.920. The van der Waals surface area contributed by atoms with E-state index in [1.54, 1.807) is 0 Å². The van der Waals surface area contributed by atoms with Crippen molar-refractivity contribution in [2.45, 2.75) is 96.1 Å². The van der Waals surface area contributed by atoms with Gasteiger partial charge in [0.05, 0.1) is 39.9 Å². The highest BCUT2D eigenvalue weighted by Gasteiger charge is 2.20. The van der Waals surface area contributed by atoms with Gasteiger partial charge >= 0.3 is 0 Å². The van der Waals surface area contributed by atoms with Crippen LogP contribution < -0.4 is 4.89 Å². The topological polar surface area (TPSA) is 128 Å². The molecule has 1 unspecified atom stereocenters. The third-order valence-electron chi connectivity index (χ3n) is 5.32. The molecular formula is C23H47N4O5P. The first-order valence-corrected chi connectivity index (χ1v) is 13.9. The maximum Gasteiger partial charge on any atom is 0.268 e. The molecule has 1 N–H and O–H groups in total. The van der Waals surface area contributed by atoms with E-state index in [0.717, 1.165) is 19.3 Å². The zero-order valence-electron chi connectivity index (χ0n) is 21.2. The van der Waals surface area contributed by atoms with Gasteiger partial charge in [-0.05, 0) is 18.4 Å². The molecule has 0 aliphatic heterocycles. The second-order valence-corrected chi connectivity index (χ2v) is 11.0. The van der Waals surface area contributed by atoms with Crippen LogP contribution in [0.2, 0.25) is 0 Å². The van der Waals surface area contributed by atoms with Gasteiger partial charge in [-0.25, -0.2) is 0 Å². The van der Waals surface area contributed by atoms with Crippen LogP contribution in [0.5, 0.6) is 0 Å². The van der Waals surface area contributed by atoms with Crippen LogP contribution in [0.1, 0.15) is 84.0 Å². The van der Waals surface area contributed by atoms with E-state index in [1.165, 1.54) is 63.9 Å². The molecule has 3 atom stereocenters. The first-order chi connectivity index (χ1) is 15.6. The third-order valence-corrected chi connectivity index (χ3v) is 6.28. The number of likely N-dealkylation sites (N-methyl/N-ethyl adjacent to an activating group) is 1. The van der Waals surface area contributed by atoms with Crippen molar-refractivity contribution in [3.63, 3.8) is 0 Å². The molecule has 0 aromatic carbocycles. The minimum atomic E-state index is -4.53. The number of hydrogen-bond acceptors (Lipinski definition) is 6. The molecule has 0 aliphatic carbocycles. The minimum absolute atomic E-state index is 0.0160. The van der Waals surface area contributed by atoms with E-state index in [2.05, 4.69) is 16.9 Å². The summed E-state index contributed by atoms with van der Waals surface area (Å²) in [4.78, 5) is 14.6. The van der Waals surface area contributed by atoms with Gasteiger partial charge < -0.3 is 23.5 Å². The fourth-order valence-electron chi connectivity index (χ4n) is 3.19. The smallest absolute Gasteiger partial charge is 0.268 e. The Morgan fingerprint density at radius 3 is 2.09 bits per heavy atom. The van der Waals surface area contributed by atoms with Crippen LogP contribution >= 0.6 is 7.82 Å². The predicted octanol–water partition coefficient (Wildman–Crippen LogP) is 5.49. The summed E-state index contributed by atoms with van der Waals surface area (Å²) in [6, 6.07) is -1.05. The monoisotopic (exact) mass is 490 g/mol. The second kappa shape index (κ2) is 19.4. The Kier molecular flexibility index (Phi) is 18.9. The molecule has 0 bridgehead atoms. The molecule has 0 amide bonds. The lowest BCUT2D eigenvalue weighted by atomic mass is 10.0. The molecule has 10 heteroatoms. The van der Waals surface area contributed by atoms with Crippen molar-refractivity contribution < 1.29 is 28.1 Å². The van der Waals surface area contributed by atoms with E-state index in [0.29, 0.717) is 11.0 Å². The number of phosphoric acid groups is 1. The number of rotatable bonds is 22. The minimum Gasteiger partial charge on any atom is -0.756 e. The number of quaternary nitrogens is 1. The molecule has 0 radical (unpaired) electrons. The highest BCUT2D eigenvalue weighted by Crippen LogP contribution is 2.38. The number of aliphatic hydroxyl groups is 1. The largest absolute Gasteiger partial charge is 0.756 e. The van der Waals surface area contributed by atoms with Gasteiger partial charge in [-0.15, -0.1) is 0 Å². The van der Waals surface area contributed by atoms with Crippen LogP contribution in [0.3, 0.4) is 0 Å². The molecule has 0 saturated heterocycles. The Balaban J connectivity index is 4.06. The van der Waals surface area contributed by atoms with Crippen molar-refractivity contribution >= 4 is 7.82 Å². The zero-order chi connectivity index (χ0) is 25.0. The summed E-state index contributed by atoms with van der Waals surface area (Å²) in [6.45, 7) is 2.23. The van der Waals surface area contributed by atoms with Gasteiger partial charge in [0.25, 0.3) is 7.82 Å². The Bertz CT molecular complexity index is 606. The molecule has 0 saturated carbocycles. The van der Waals surface area contributed by atoms with E-state index in [4.69, 9.17) is 14.6 Å². The van der Waals surface area contributed by atoms with Gasteiger partial charge in [0.2, 0.25) is 0 Å². The zero-order valence-corrected chi connectivity index (χ0v) is 22.1. The summed E-state index contributed by atoms with van der Waals surface area (Å²) in [6.07, 6.45) is 17.1. The second-order valence-electron chi connectivity index (χ2n) is 9.61. The maximum atomic E-state index is 11.9. The summed E-state index contributed by atoms with van der Waals surface area (Å²) >= 11 is 0. The lowest BCUT2D eigenvalue weighted by Gasteiger charge is -2.28. The van der Waals surface area contributed by atoms with Crippen molar-refractivity contribution in [3.8, 4) is 0 Å². The van der Waals surface area contributed by atoms with Crippen LogP contribution in [0.4, 0.5) is 0 Å². The van der Waals surface area contributed by atoms with E-state index in [-0.39, 0.29) is 6.61 Å². The van der Waals surface area contributed by atoms with Gasteiger partial charge in [-0.2, -0.15) is 0 Å². The molecule has 33 heavy (non-hydrogen) atoms. The third kappa shape index (κ3) is 21.4. The SMILES string of the molecule is CCCCCCCCCCCCCC=C[C@@H](O)[C@H](COP(=O)([O-])OCC[N+](C)(C)C)N=[N+]=[N-]. The van der Waals surface area contributed by atoms with Crippen LogP contribution in [0.25, 0.3) is 10.4 Å². The predicted molar refractivity (Wildman–Crippen MR) is 132 cm³/mol. The van der Waals surface area contributed by atoms with Gasteiger partial charge in [0, 0.05) is 4.91 Å². The highest BCUT2D eigenvalue weighted by molar-refractivity contribution is 7.45. The first kappa shape index (κ1) is 32.1. The summed E-state index contributed by atoms with van der Waals surface area (Å²) < 4.78 is 22.1. The van der Waals surface area contributed by atoms with E-state index < -0.39 is 26.6 Å². The normalized spacial score (nSPS) is 15.8. The van der Waals surface area contributed by atoms with Crippen molar-refractivity contribution in [1.29, 1.82) is 0 Å². The number of phosphoric ester groups is 1. The molecular weight excluding hydrogens is 443 g/mol. The molecule has 0 aromatic heterocycles. The number of allylic oxidation sites excluding steroid dienone is 1. The Morgan fingerprint density at radius 2 is 1.58 bits per heavy atom. The van der Waals surface area contributed by atoms with Gasteiger partial charge in [0.15, 0.2) is 0 Å². The van der Waals surface area contributed by atoms with Gasteiger partial charge in [-0.3, -0.25) is 4.57 Å². The van der Waals surface area contributed by atoms with Crippen LogP contribution in [0, 0.1) is 0 Å². The average Bonchev–Trinajstić information content (AvgIpc) is 2.73. The Morgan fingerprint density at radius 1 is 1.03 bits per heavy atom. The number of aliphatic hydroxyl groups excluding tert-OH is 1. The van der Waals surface area contributed by atoms with Crippen LogP contribution in [-0.2, 0) is 13.6 Å². The molecule has 9 nitrogen and oxygen atoms in total. The fraction of sp³-hybridized carbons (Fsp3) is 0.913. The van der Waals surface area contributed by atoms with Gasteiger partial charge in [0.1, 0.15) is 13.2 Å².